The predicted octanol–water partition coefficient (Wildman–Crippen LogP) is 2.62. The molecule has 132 valence electrons. The van der Waals surface area contributed by atoms with Crippen molar-refractivity contribution in [3.8, 4) is 17.2 Å². The molecule has 1 saturated heterocycles. The molecule has 1 atom stereocenters. The first-order valence-electron chi connectivity index (χ1n) is 8.60. The van der Waals surface area contributed by atoms with E-state index in [1.165, 1.54) is 0 Å². The zero-order valence-electron chi connectivity index (χ0n) is 14.4. The summed E-state index contributed by atoms with van der Waals surface area (Å²) in [7, 11) is 1.68. The Morgan fingerprint density at radius 1 is 1.33 bits per heavy atom. The Morgan fingerprint density at radius 2 is 2.08 bits per heavy atom. The number of piperidine rings is 1. The Balaban J connectivity index is 1.78. The van der Waals surface area contributed by atoms with Crippen LogP contribution in [0.1, 0.15) is 24.8 Å². The van der Waals surface area contributed by atoms with Crippen LogP contribution in [-0.4, -0.2) is 50.0 Å². The van der Waals surface area contributed by atoms with Gasteiger partial charge in [-0.3, -0.25) is 4.90 Å². The van der Waals surface area contributed by atoms with Crippen LogP contribution in [0.2, 0.25) is 0 Å². The lowest BCUT2D eigenvalue weighted by Crippen LogP contribution is -2.44. The van der Waals surface area contributed by atoms with Crippen LogP contribution in [0.15, 0.2) is 24.8 Å². The van der Waals surface area contributed by atoms with Crippen molar-refractivity contribution < 1.29 is 19.3 Å². The molecule has 5 heteroatoms. The smallest absolute Gasteiger partial charge is 0.165 e. The Labute approximate surface area is 143 Å². The van der Waals surface area contributed by atoms with Crippen molar-refractivity contribution in [2.75, 3.05) is 40.0 Å². The molecule has 2 heterocycles. The highest BCUT2D eigenvalue weighted by atomic mass is 16.6. The monoisotopic (exact) mass is 333 g/mol. The number of ether oxygens (including phenoxy) is 3. The van der Waals surface area contributed by atoms with Gasteiger partial charge in [-0.05, 0) is 31.9 Å². The Kier molecular flexibility index (Phi) is 5.31. The van der Waals surface area contributed by atoms with E-state index in [1.807, 2.05) is 18.2 Å². The summed E-state index contributed by atoms with van der Waals surface area (Å²) in [5.41, 5.74) is 1.02. The predicted molar refractivity (Wildman–Crippen MR) is 92.8 cm³/mol. The van der Waals surface area contributed by atoms with E-state index in [4.69, 9.17) is 14.2 Å². The molecule has 0 saturated carbocycles. The molecule has 2 aliphatic rings. The number of hydrogen-bond donors (Lipinski definition) is 1. The summed E-state index contributed by atoms with van der Waals surface area (Å²) in [4.78, 5) is 2.39. The highest BCUT2D eigenvalue weighted by Crippen LogP contribution is 2.39. The van der Waals surface area contributed by atoms with Gasteiger partial charge in [0.2, 0.25) is 0 Å². The topological polar surface area (TPSA) is 51.2 Å². The molecule has 3 rings (SSSR count). The fourth-order valence-corrected chi connectivity index (χ4v) is 3.78. The molecule has 0 unspecified atom stereocenters. The van der Waals surface area contributed by atoms with Gasteiger partial charge in [0.25, 0.3) is 0 Å². The van der Waals surface area contributed by atoms with E-state index in [9.17, 15) is 5.11 Å². The second-order valence-corrected chi connectivity index (χ2v) is 6.77. The van der Waals surface area contributed by atoms with Crippen LogP contribution in [0.4, 0.5) is 0 Å². The molecule has 24 heavy (non-hydrogen) atoms. The van der Waals surface area contributed by atoms with Crippen molar-refractivity contribution in [1.29, 1.82) is 0 Å². The van der Waals surface area contributed by atoms with Gasteiger partial charge in [-0.1, -0.05) is 6.08 Å². The van der Waals surface area contributed by atoms with Crippen molar-refractivity contribution in [2.24, 2.45) is 5.41 Å². The van der Waals surface area contributed by atoms with Gasteiger partial charge in [-0.2, -0.15) is 0 Å². The molecule has 1 aromatic carbocycles. The van der Waals surface area contributed by atoms with Crippen molar-refractivity contribution in [3.05, 3.63) is 30.4 Å². The minimum atomic E-state index is -0.0684. The SMILES string of the molecule is C=CC[C@]1(CO)CCCN(Cc2cc3c(cc2OC)OCCO3)C1. The van der Waals surface area contributed by atoms with Crippen molar-refractivity contribution in [2.45, 2.75) is 25.8 Å². The lowest BCUT2D eigenvalue weighted by atomic mass is 9.77. The van der Waals surface area contributed by atoms with Gasteiger partial charge in [-0.25, -0.2) is 0 Å². The summed E-state index contributed by atoms with van der Waals surface area (Å²) in [5, 5.41) is 9.88. The molecule has 0 spiro atoms. The Hall–Kier alpha value is -1.72. The van der Waals surface area contributed by atoms with Gasteiger partial charge in [0, 0.05) is 30.1 Å². The minimum Gasteiger partial charge on any atom is -0.496 e. The molecular weight excluding hydrogens is 306 g/mol. The number of fused-ring (bicyclic) bond motifs is 1. The molecule has 0 aromatic heterocycles. The maximum atomic E-state index is 9.88. The number of rotatable bonds is 6. The summed E-state index contributed by atoms with van der Waals surface area (Å²) < 4.78 is 16.9. The molecular formula is C19H27NO4. The van der Waals surface area contributed by atoms with Gasteiger partial charge in [0.05, 0.1) is 13.7 Å². The number of aliphatic hydroxyl groups is 1. The third-order valence-electron chi connectivity index (χ3n) is 4.99. The van der Waals surface area contributed by atoms with Gasteiger partial charge >= 0.3 is 0 Å². The molecule has 0 bridgehead atoms. The van der Waals surface area contributed by atoms with Crippen molar-refractivity contribution in [3.63, 3.8) is 0 Å². The van der Waals surface area contributed by atoms with Crippen LogP contribution in [0.3, 0.4) is 0 Å². The molecule has 2 aliphatic heterocycles. The standard InChI is InChI=1S/C19H27NO4/c1-3-5-19(14-21)6-4-7-20(13-19)12-15-10-17-18(11-16(15)22-2)24-9-8-23-17/h3,10-11,21H,1,4-9,12-14H2,2H3/t19-/m0/s1. The maximum absolute atomic E-state index is 9.88. The minimum absolute atomic E-state index is 0.0684. The normalized spacial score (nSPS) is 23.8. The van der Waals surface area contributed by atoms with E-state index in [1.54, 1.807) is 7.11 Å². The van der Waals surface area contributed by atoms with Crippen LogP contribution in [0, 0.1) is 5.41 Å². The van der Waals surface area contributed by atoms with Crippen LogP contribution in [0.25, 0.3) is 0 Å². The van der Waals surface area contributed by atoms with Gasteiger partial charge in [0.1, 0.15) is 19.0 Å². The largest absolute Gasteiger partial charge is 0.496 e. The van der Waals surface area contributed by atoms with Crippen LogP contribution < -0.4 is 14.2 Å². The number of methoxy groups -OCH3 is 1. The van der Waals surface area contributed by atoms with Crippen molar-refractivity contribution >= 4 is 0 Å². The van der Waals surface area contributed by atoms with Crippen molar-refractivity contribution in [1.82, 2.24) is 4.90 Å². The van der Waals surface area contributed by atoms with E-state index < -0.39 is 0 Å². The second kappa shape index (κ2) is 7.45. The molecule has 0 amide bonds. The molecule has 1 N–H and O–H groups in total. The van der Waals surface area contributed by atoms with Crippen LogP contribution >= 0.6 is 0 Å². The fraction of sp³-hybridized carbons (Fsp3) is 0.579. The Bertz CT molecular complexity index is 589. The lowest BCUT2D eigenvalue weighted by molar-refractivity contribution is 0.0305. The molecule has 5 nitrogen and oxygen atoms in total. The quantitative estimate of drug-likeness (QED) is 0.811. The molecule has 1 fully saturated rings. The van der Waals surface area contributed by atoms with E-state index >= 15 is 0 Å². The number of likely N-dealkylation sites (tertiary alicyclic amines) is 1. The first-order chi connectivity index (χ1) is 11.7. The number of benzene rings is 1. The van der Waals surface area contributed by atoms with E-state index in [-0.39, 0.29) is 12.0 Å². The molecule has 0 aliphatic carbocycles. The Morgan fingerprint density at radius 3 is 2.75 bits per heavy atom. The third kappa shape index (κ3) is 3.52. The summed E-state index contributed by atoms with van der Waals surface area (Å²) in [6.07, 6.45) is 4.90. The summed E-state index contributed by atoms with van der Waals surface area (Å²) in [5.74, 6) is 2.36. The van der Waals surface area contributed by atoms with Crippen LogP contribution in [-0.2, 0) is 6.54 Å². The number of hydrogen-bond acceptors (Lipinski definition) is 5. The van der Waals surface area contributed by atoms with Gasteiger partial charge < -0.3 is 19.3 Å². The summed E-state index contributed by atoms with van der Waals surface area (Å²) >= 11 is 0. The zero-order valence-corrected chi connectivity index (χ0v) is 14.4. The first kappa shape index (κ1) is 17.1. The van der Waals surface area contributed by atoms with E-state index in [2.05, 4.69) is 11.5 Å². The summed E-state index contributed by atoms with van der Waals surface area (Å²) in [6, 6.07) is 3.94. The fourth-order valence-electron chi connectivity index (χ4n) is 3.78. The highest BCUT2D eigenvalue weighted by Gasteiger charge is 2.34. The maximum Gasteiger partial charge on any atom is 0.165 e. The molecule has 1 aromatic rings. The molecule has 0 radical (unpaired) electrons. The summed E-state index contributed by atoms with van der Waals surface area (Å²) in [6.45, 7) is 7.87. The average molecular weight is 333 g/mol. The third-order valence-corrected chi connectivity index (χ3v) is 4.99. The first-order valence-corrected chi connectivity index (χ1v) is 8.60. The number of allylic oxidation sites excluding steroid dienone is 1. The highest BCUT2D eigenvalue weighted by molar-refractivity contribution is 5.51. The van der Waals surface area contributed by atoms with Crippen LogP contribution in [0.5, 0.6) is 17.2 Å². The number of aliphatic hydroxyl groups excluding tert-OH is 1. The van der Waals surface area contributed by atoms with Gasteiger partial charge in [0.15, 0.2) is 11.5 Å². The van der Waals surface area contributed by atoms with E-state index in [0.29, 0.717) is 13.2 Å². The number of nitrogens with zero attached hydrogens (tertiary/aromatic N) is 1. The second-order valence-electron chi connectivity index (χ2n) is 6.77. The lowest BCUT2D eigenvalue weighted by Gasteiger charge is -2.41. The van der Waals surface area contributed by atoms with Gasteiger partial charge in [-0.15, -0.1) is 6.58 Å². The zero-order chi connectivity index (χ0) is 17.0. The van der Waals surface area contributed by atoms with E-state index in [0.717, 1.165) is 61.7 Å². The average Bonchev–Trinajstić information content (AvgIpc) is 2.61.